The van der Waals surface area contributed by atoms with Gasteiger partial charge in [0.2, 0.25) is 10.0 Å². The van der Waals surface area contributed by atoms with Gasteiger partial charge in [0.1, 0.15) is 0 Å². The Hall–Kier alpha value is -0.130. The van der Waals surface area contributed by atoms with Gasteiger partial charge >= 0.3 is 0 Å². The highest BCUT2D eigenvalue weighted by atomic mass is 32.2. The molecular formula is C15H29NO3S. The van der Waals surface area contributed by atoms with E-state index in [1.165, 1.54) is 32.1 Å². The van der Waals surface area contributed by atoms with E-state index in [2.05, 4.69) is 0 Å². The van der Waals surface area contributed by atoms with Crippen molar-refractivity contribution in [3.05, 3.63) is 0 Å². The first-order chi connectivity index (χ1) is 9.49. The van der Waals surface area contributed by atoms with Gasteiger partial charge in [0.05, 0.1) is 12.4 Å². The number of hydrogen-bond acceptors (Lipinski definition) is 3. The second kappa shape index (κ2) is 7.23. The van der Waals surface area contributed by atoms with Crippen molar-refractivity contribution in [2.45, 2.75) is 64.2 Å². The van der Waals surface area contributed by atoms with Crippen LogP contribution >= 0.6 is 0 Å². The first kappa shape index (κ1) is 16.2. The van der Waals surface area contributed by atoms with E-state index in [0.29, 0.717) is 6.61 Å². The van der Waals surface area contributed by atoms with Gasteiger partial charge in [-0.3, -0.25) is 0 Å². The molecule has 0 aromatic carbocycles. The fourth-order valence-corrected chi connectivity index (χ4v) is 4.78. The number of ether oxygens (including phenoxy) is 1. The predicted octanol–water partition coefficient (Wildman–Crippen LogP) is 2.82. The summed E-state index contributed by atoms with van der Waals surface area (Å²) < 4.78 is 28.9. The summed E-state index contributed by atoms with van der Waals surface area (Å²) in [6.07, 6.45) is 11.6. The molecule has 2 N–H and O–H groups in total. The highest BCUT2D eigenvalue weighted by Crippen LogP contribution is 2.37. The van der Waals surface area contributed by atoms with Crippen molar-refractivity contribution in [3.63, 3.8) is 0 Å². The third-order valence-corrected chi connectivity index (χ3v) is 5.99. The largest absolute Gasteiger partial charge is 0.381 e. The molecule has 2 fully saturated rings. The minimum Gasteiger partial charge on any atom is -0.381 e. The van der Waals surface area contributed by atoms with E-state index >= 15 is 0 Å². The van der Waals surface area contributed by atoms with Crippen molar-refractivity contribution in [1.29, 1.82) is 0 Å². The Morgan fingerprint density at radius 1 is 1.05 bits per heavy atom. The van der Waals surface area contributed by atoms with Crippen molar-refractivity contribution in [2.24, 2.45) is 16.5 Å². The van der Waals surface area contributed by atoms with Crippen LogP contribution in [0.3, 0.4) is 0 Å². The Labute approximate surface area is 123 Å². The number of primary sulfonamides is 1. The number of hydrogen-bond donors (Lipinski definition) is 1. The third kappa shape index (κ3) is 5.34. The zero-order chi connectivity index (χ0) is 14.5. The highest BCUT2D eigenvalue weighted by molar-refractivity contribution is 7.89. The Morgan fingerprint density at radius 2 is 1.70 bits per heavy atom. The molecule has 0 aliphatic heterocycles. The second-order valence-corrected chi connectivity index (χ2v) is 8.47. The standard InChI is InChI=1S/C15H29NO3S/c16-20(17,18)13-15(9-3-1-2-4-10-15)12-19-11-8-14-6-5-7-14/h14H,1-13H2,(H2,16,17,18). The lowest BCUT2D eigenvalue weighted by Crippen LogP contribution is -2.37. The van der Waals surface area contributed by atoms with E-state index in [0.717, 1.165) is 44.6 Å². The van der Waals surface area contributed by atoms with Crippen LogP contribution in [-0.4, -0.2) is 27.4 Å². The van der Waals surface area contributed by atoms with Gasteiger partial charge in [-0.2, -0.15) is 0 Å². The van der Waals surface area contributed by atoms with E-state index < -0.39 is 10.0 Å². The summed E-state index contributed by atoms with van der Waals surface area (Å²) in [6.45, 7) is 1.34. The number of nitrogens with two attached hydrogens (primary N) is 1. The molecule has 2 rings (SSSR count). The monoisotopic (exact) mass is 303 g/mol. The van der Waals surface area contributed by atoms with Crippen LogP contribution in [0.4, 0.5) is 0 Å². The molecular weight excluding hydrogens is 274 g/mol. The maximum Gasteiger partial charge on any atom is 0.209 e. The van der Waals surface area contributed by atoms with E-state index in [1.807, 2.05) is 0 Å². The maximum absolute atomic E-state index is 11.5. The van der Waals surface area contributed by atoms with Gasteiger partial charge < -0.3 is 4.74 Å². The lowest BCUT2D eigenvalue weighted by molar-refractivity contribution is 0.0340. The van der Waals surface area contributed by atoms with Crippen LogP contribution in [0.2, 0.25) is 0 Å². The molecule has 0 saturated heterocycles. The van der Waals surface area contributed by atoms with E-state index in [1.54, 1.807) is 0 Å². The normalized spacial score (nSPS) is 24.1. The third-order valence-electron chi connectivity index (χ3n) is 4.98. The van der Waals surface area contributed by atoms with E-state index in [4.69, 9.17) is 9.88 Å². The highest BCUT2D eigenvalue weighted by Gasteiger charge is 2.35. The van der Waals surface area contributed by atoms with Gasteiger partial charge in [0.15, 0.2) is 0 Å². The second-order valence-electron chi connectivity index (χ2n) is 6.86. The minimum absolute atomic E-state index is 0.0867. The first-order valence-corrected chi connectivity index (χ1v) is 9.79. The number of rotatable bonds is 7. The molecule has 5 heteroatoms. The van der Waals surface area contributed by atoms with E-state index in [9.17, 15) is 8.42 Å². The molecule has 0 bridgehead atoms. The quantitative estimate of drug-likeness (QED) is 0.581. The Balaban J connectivity index is 1.83. The topological polar surface area (TPSA) is 69.4 Å². The fraction of sp³-hybridized carbons (Fsp3) is 1.00. The summed E-state index contributed by atoms with van der Waals surface area (Å²) in [5.74, 6) is 0.932. The first-order valence-electron chi connectivity index (χ1n) is 8.07. The van der Waals surface area contributed by atoms with Crippen LogP contribution in [0, 0.1) is 11.3 Å². The maximum atomic E-state index is 11.5. The molecule has 2 saturated carbocycles. The summed E-state index contributed by atoms with van der Waals surface area (Å²) in [6, 6.07) is 0. The Kier molecular flexibility index (Phi) is 5.87. The van der Waals surface area contributed by atoms with Crippen molar-refractivity contribution in [1.82, 2.24) is 0 Å². The van der Waals surface area contributed by atoms with Gasteiger partial charge in [-0.15, -0.1) is 0 Å². The fourth-order valence-electron chi connectivity index (χ4n) is 3.56. The molecule has 4 nitrogen and oxygen atoms in total. The van der Waals surface area contributed by atoms with Gasteiger partial charge in [0, 0.05) is 12.0 Å². The molecule has 20 heavy (non-hydrogen) atoms. The SMILES string of the molecule is NS(=O)(=O)CC1(COCCC2CCC2)CCCCCC1. The van der Waals surface area contributed by atoms with Crippen molar-refractivity contribution >= 4 is 10.0 Å². The van der Waals surface area contributed by atoms with E-state index in [-0.39, 0.29) is 11.2 Å². The molecule has 2 aliphatic rings. The summed E-state index contributed by atoms with van der Waals surface area (Å²) in [5.41, 5.74) is -0.232. The van der Waals surface area contributed by atoms with Crippen LogP contribution in [0.25, 0.3) is 0 Å². The lowest BCUT2D eigenvalue weighted by Gasteiger charge is -2.32. The molecule has 0 amide bonds. The summed E-state index contributed by atoms with van der Waals surface area (Å²) >= 11 is 0. The van der Waals surface area contributed by atoms with Crippen LogP contribution in [0.5, 0.6) is 0 Å². The van der Waals surface area contributed by atoms with Crippen LogP contribution in [-0.2, 0) is 14.8 Å². The summed E-state index contributed by atoms with van der Waals surface area (Å²) in [5, 5.41) is 5.30. The van der Waals surface area contributed by atoms with Crippen LogP contribution in [0.15, 0.2) is 0 Å². The Bertz CT molecular complexity index is 382. The summed E-state index contributed by atoms with van der Waals surface area (Å²) in [7, 11) is -3.43. The van der Waals surface area contributed by atoms with Crippen LogP contribution < -0.4 is 5.14 Å². The Morgan fingerprint density at radius 3 is 2.20 bits per heavy atom. The van der Waals surface area contributed by atoms with Crippen molar-refractivity contribution in [3.8, 4) is 0 Å². The molecule has 0 aromatic rings. The van der Waals surface area contributed by atoms with Gasteiger partial charge in [-0.05, 0) is 25.2 Å². The van der Waals surface area contributed by atoms with Gasteiger partial charge in [0.25, 0.3) is 0 Å². The predicted molar refractivity (Wildman–Crippen MR) is 80.9 cm³/mol. The van der Waals surface area contributed by atoms with Crippen LogP contribution in [0.1, 0.15) is 64.2 Å². The number of sulfonamides is 1. The lowest BCUT2D eigenvalue weighted by atomic mass is 9.82. The molecule has 0 atom stereocenters. The molecule has 2 aliphatic carbocycles. The average Bonchev–Trinajstić information content (AvgIpc) is 2.50. The molecule has 0 aromatic heterocycles. The zero-order valence-electron chi connectivity index (χ0n) is 12.5. The zero-order valence-corrected chi connectivity index (χ0v) is 13.3. The summed E-state index contributed by atoms with van der Waals surface area (Å²) in [4.78, 5) is 0. The van der Waals surface area contributed by atoms with Crippen molar-refractivity contribution < 1.29 is 13.2 Å². The van der Waals surface area contributed by atoms with Crippen molar-refractivity contribution in [2.75, 3.05) is 19.0 Å². The minimum atomic E-state index is -3.43. The molecule has 118 valence electrons. The molecule has 0 spiro atoms. The molecule has 0 radical (unpaired) electrons. The molecule has 0 heterocycles. The van der Waals surface area contributed by atoms with Gasteiger partial charge in [-0.25, -0.2) is 13.6 Å². The smallest absolute Gasteiger partial charge is 0.209 e. The average molecular weight is 303 g/mol. The molecule has 0 unspecified atom stereocenters. The van der Waals surface area contributed by atoms with Gasteiger partial charge in [-0.1, -0.05) is 44.9 Å².